The SMILES string of the molecule is CCC1(CC)CN(Cc2nccs2)C(CC(C)C)CN1. The Morgan fingerprint density at radius 2 is 2.20 bits per heavy atom. The highest BCUT2D eigenvalue weighted by Crippen LogP contribution is 2.27. The zero-order valence-corrected chi connectivity index (χ0v) is 14.2. The molecule has 0 bridgehead atoms. The monoisotopic (exact) mass is 295 g/mol. The molecule has 1 aliphatic rings. The van der Waals surface area contributed by atoms with Crippen LogP contribution in [0.15, 0.2) is 11.6 Å². The van der Waals surface area contributed by atoms with Gasteiger partial charge in [0.15, 0.2) is 0 Å². The van der Waals surface area contributed by atoms with Crippen molar-refractivity contribution in [2.75, 3.05) is 13.1 Å². The average Bonchev–Trinajstić information content (AvgIpc) is 2.93. The van der Waals surface area contributed by atoms with Crippen LogP contribution in [0.25, 0.3) is 0 Å². The first-order chi connectivity index (χ1) is 9.58. The van der Waals surface area contributed by atoms with Gasteiger partial charge in [-0.2, -0.15) is 0 Å². The van der Waals surface area contributed by atoms with Crippen LogP contribution in [0.4, 0.5) is 0 Å². The van der Waals surface area contributed by atoms with Crippen molar-refractivity contribution >= 4 is 11.3 Å². The summed E-state index contributed by atoms with van der Waals surface area (Å²) in [4.78, 5) is 7.15. The third-order valence-corrected chi connectivity index (χ3v) is 5.42. The number of thiazole rings is 1. The Hall–Kier alpha value is -0.450. The van der Waals surface area contributed by atoms with Gasteiger partial charge in [0.2, 0.25) is 0 Å². The van der Waals surface area contributed by atoms with Crippen molar-refractivity contribution in [2.45, 2.75) is 65.1 Å². The lowest BCUT2D eigenvalue weighted by molar-refractivity contribution is 0.0560. The van der Waals surface area contributed by atoms with Gasteiger partial charge in [-0.05, 0) is 25.2 Å². The molecule has 0 spiro atoms. The van der Waals surface area contributed by atoms with Crippen molar-refractivity contribution < 1.29 is 0 Å². The van der Waals surface area contributed by atoms with Crippen molar-refractivity contribution in [3.05, 3.63) is 16.6 Å². The molecule has 4 heteroatoms. The van der Waals surface area contributed by atoms with Gasteiger partial charge in [0.25, 0.3) is 0 Å². The Morgan fingerprint density at radius 1 is 1.45 bits per heavy atom. The van der Waals surface area contributed by atoms with E-state index in [0.29, 0.717) is 11.6 Å². The van der Waals surface area contributed by atoms with E-state index in [-0.39, 0.29) is 0 Å². The summed E-state index contributed by atoms with van der Waals surface area (Å²) >= 11 is 1.78. The van der Waals surface area contributed by atoms with Crippen LogP contribution in [-0.4, -0.2) is 34.6 Å². The van der Waals surface area contributed by atoms with Gasteiger partial charge in [0.1, 0.15) is 5.01 Å². The predicted octanol–water partition coefficient (Wildman–Crippen LogP) is 3.52. The molecule has 1 aromatic heterocycles. The fourth-order valence-corrected chi connectivity index (χ4v) is 3.87. The van der Waals surface area contributed by atoms with Crippen LogP contribution in [0.1, 0.15) is 52.0 Å². The standard InChI is InChI=1S/C16H29N3S/c1-5-16(6-2)12-19(11-15-17-7-8-20-15)14(10-18-16)9-13(3)4/h7-8,13-14,18H,5-6,9-12H2,1-4H3. The molecule has 1 fully saturated rings. The molecule has 0 aromatic carbocycles. The largest absolute Gasteiger partial charge is 0.308 e. The average molecular weight is 295 g/mol. The van der Waals surface area contributed by atoms with E-state index in [0.717, 1.165) is 25.6 Å². The van der Waals surface area contributed by atoms with Crippen molar-refractivity contribution in [3.8, 4) is 0 Å². The highest BCUT2D eigenvalue weighted by Gasteiger charge is 2.36. The summed E-state index contributed by atoms with van der Waals surface area (Å²) in [5.74, 6) is 0.747. The molecule has 0 aliphatic carbocycles. The van der Waals surface area contributed by atoms with Crippen molar-refractivity contribution in [3.63, 3.8) is 0 Å². The number of hydrogen-bond donors (Lipinski definition) is 1. The number of rotatable bonds is 6. The van der Waals surface area contributed by atoms with E-state index >= 15 is 0 Å². The van der Waals surface area contributed by atoms with E-state index in [4.69, 9.17) is 0 Å². The Kier molecular flexibility index (Phi) is 5.58. The highest BCUT2D eigenvalue weighted by atomic mass is 32.1. The van der Waals surface area contributed by atoms with E-state index in [2.05, 4.69) is 48.3 Å². The number of aromatic nitrogens is 1. The molecule has 1 N–H and O–H groups in total. The van der Waals surface area contributed by atoms with Gasteiger partial charge in [-0.3, -0.25) is 4.90 Å². The minimum Gasteiger partial charge on any atom is -0.308 e. The topological polar surface area (TPSA) is 28.2 Å². The summed E-state index contributed by atoms with van der Waals surface area (Å²) in [5, 5.41) is 7.18. The van der Waals surface area contributed by atoms with E-state index in [1.807, 2.05) is 6.20 Å². The third-order valence-electron chi connectivity index (χ3n) is 4.65. The molecule has 0 amide bonds. The number of nitrogens with zero attached hydrogens (tertiary/aromatic N) is 2. The molecule has 2 rings (SSSR count). The molecule has 114 valence electrons. The Balaban J connectivity index is 2.09. The fraction of sp³-hybridized carbons (Fsp3) is 0.812. The zero-order chi connectivity index (χ0) is 14.6. The van der Waals surface area contributed by atoms with E-state index in [1.54, 1.807) is 11.3 Å². The molecule has 20 heavy (non-hydrogen) atoms. The van der Waals surface area contributed by atoms with Gasteiger partial charge in [0.05, 0.1) is 6.54 Å². The summed E-state index contributed by atoms with van der Waals surface area (Å²) < 4.78 is 0. The molecule has 1 aliphatic heterocycles. The summed E-state index contributed by atoms with van der Waals surface area (Å²) in [6.45, 7) is 12.5. The predicted molar refractivity (Wildman–Crippen MR) is 87.1 cm³/mol. The molecule has 3 nitrogen and oxygen atoms in total. The highest BCUT2D eigenvalue weighted by molar-refractivity contribution is 7.09. The first kappa shape index (κ1) is 15.9. The Bertz CT molecular complexity index is 384. The normalized spacial score (nSPS) is 23.4. The first-order valence-electron chi connectivity index (χ1n) is 7.96. The molecular formula is C16H29N3S. The molecule has 0 saturated carbocycles. The van der Waals surface area contributed by atoms with Crippen LogP contribution in [0.5, 0.6) is 0 Å². The van der Waals surface area contributed by atoms with Gasteiger partial charge in [-0.1, -0.05) is 27.7 Å². The number of piperazine rings is 1. The maximum absolute atomic E-state index is 4.48. The lowest BCUT2D eigenvalue weighted by atomic mass is 9.87. The van der Waals surface area contributed by atoms with Crippen molar-refractivity contribution in [2.24, 2.45) is 5.92 Å². The van der Waals surface area contributed by atoms with Crippen LogP contribution in [0, 0.1) is 5.92 Å². The summed E-state index contributed by atoms with van der Waals surface area (Å²) in [6.07, 6.45) is 5.59. The molecule has 1 aromatic rings. The zero-order valence-electron chi connectivity index (χ0n) is 13.4. The summed E-state index contributed by atoms with van der Waals surface area (Å²) in [6, 6.07) is 0.644. The Labute approximate surface area is 127 Å². The van der Waals surface area contributed by atoms with Crippen LogP contribution in [0.2, 0.25) is 0 Å². The fourth-order valence-electron chi connectivity index (χ4n) is 3.23. The van der Waals surface area contributed by atoms with Crippen molar-refractivity contribution in [1.29, 1.82) is 0 Å². The van der Waals surface area contributed by atoms with E-state index < -0.39 is 0 Å². The van der Waals surface area contributed by atoms with Crippen LogP contribution < -0.4 is 5.32 Å². The van der Waals surface area contributed by atoms with E-state index in [1.165, 1.54) is 24.3 Å². The first-order valence-corrected chi connectivity index (χ1v) is 8.84. The lowest BCUT2D eigenvalue weighted by Crippen LogP contribution is -2.63. The number of hydrogen-bond acceptors (Lipinski definition) is 4. The molecule has 1 unspecified atom stereocenters. The quantitative estimate of drug-likeness (QED) is 0.870. The van der Waals surface area contributed by atoms with Gasteiger partial charge in [-0.15, -0.1) is 11.3 Å². The smallest absolute Gasteiger partial charge is 0.107 e. The van der Waals surface area contributed by atoms with Crippen LogP contribution >= 0.6 is 11.3 Å². The second-order valence-corrected chi connectivity index (χ2v) is 7.46. The van der Waals surface area contributed by atoms with Gasteiger partial charge >= 0.3 is 0 Å². The van der Waals surface area contributed by atoms with E-state index in [9.17, 15) is 0 Å². The lowest BCUT2D eigenvalue weighted by Gasteiger charge is -2.48. The molecular weight excluding hydrogens is 266 g/mol. The maximum Gasteiger partial charge on any atom is 0.107 e. The second kappa shape index (κ2) is 7.01. The molecule has 1 atom stereocenters. The third kappa shape index (κ3) is 3.80. The number of nitrogens with one attached hydrogen (secondary N) is 1. The summed E-state index contributed by atoms with van der Waals surface area (Å²) in [5.41, 5.74) is 0.296. The second-order valence-electron chi connectivity index (χ2n) is 6.48. The molecule has 2 heterocycles. The minimum atomic E-state index is 0.296. The van der Waals surface area contributed by atoms with Crippen molar-refractivity contribution in [1.82, 2.24) is 15.2 Å². The van der Waals surface area contributed by atoms with Gasteiger partial charge in [0, 0.05) is 36.2 Å². The van der Waals surface area contributed by atoms with Gasteiger partial charge in [-0.25, -0.2) is 4.98 Å². The minimum absolute atomic E-state index is 0.296. The molecule has 1 saturated heterocycles. The Morgan fingerprint density at radius 3 is 2.75 bits per heavy atom. The summed E-state index contributed by atoms with van der Waals surface area (Å²) in [7, 11) is 0. The molecule has 0 radical (unpaired) electrons. The maximum atomic E-state index is 4.48. The van der Waals surface area contributed by atoms with Crippen LogP contribution in [0.3, 0.4) is 0 Å². The van der Waals surface area contributed by atoms with Crippen LogP contribution in [-0.2, 0) is 6.54 Å². The van der Waals surface area contributed by atoms with Gasteiger partial charge < -0.3 is 5.32 Å².